The van der Waals surface area contributed by atoms with Gasteiger partial charge in [-0.3, -0.25) is 0 Å². The summed E-state index contributed by atoms with van der Waals surface area (Å²) in [6.07, 6.45) is 0. The first-order valence-corrected chi connectivity index (χ1v) is 7.26. The average Bonchev–Trinajstić information content (AvgIpc) is 2.51. The van der Waals surface area contributed by atoms with Gasteiger partial charge in [0.1, 0.15) is 18.1 Å². The van der Waals surface area contributed by atoms with Crippen LogP contribution in [-0.2, 0) is 0 Å². The standard InChI is InChI=1S/C18H23NO2/c1-14-6-4-9-18(12-14)21-11-10-19-15(2)16-7-5-8-17(13-16)20-3/h4-9,12-13,15,19H,10-11H2,1-3H3. The van der Waals surface area contributed by atoms with Crippen LogP contribution in [0.3, 0.4) is 0 Å². The van der Waals surface area contributed by atoms with Gasteiger partial charge in [-0.05, 0) is 49.2 Å². The van der Waals surface area contributed by atoms with Gasteiger partial charge in [-0.2, -0.15) is 0 Å². The zero-order chi connectivity index (χ0) is 15.1. The molecule has 0 aromatic heterocycles. The van der Waals surface area contributed by atoms with E-state index in [2.05, 4.69) is 37.4 Å². The lowest BCUT2D eigenvalue weighted by Crippen LogP contribution is -2.24. The summed E-state index contributed by atoms with van der Waals surface area (Å²) in [7, 11) is 1.69. The third kappa shape index (κ3) is 4.80. The Bertz CT molecular complexity index is 569. The molecular formula is C18H23NO2. The second kappa shape index (κ2) is 7.70. The lowest BCUT2D eigenvalue weighted by Gasteiger charge is -2.15. The summed E-state index contributed by atoms with van der Waals surface area (Å²) in [5.41, 5.74) is 2.43. The highest BCUT2D eigenvalue weighted by Crippen LogP contribution is 2.18. The number of hydrogen-bond donors (Lipinski definition) is 1. The van der Waals surface area contributed by atoms with E-state index in [1.165, 1.54) is 11.1 Å². The van der Waals surface area contributed by atoms with Crippen LogP contribution in [-0.4, -0.2) is 20.3 Å². The van der Waals surface area contributed by atoms with Crippen molar-refractivity contribution in [3.63, 3.8) is 0 Å². The fourth-order valence-electron chi connectivity index (χ4n) is 2.18. The molecular weight excluding hydrogens is 262 g/mol. The van der Waals surface area contributed by atoms with Gasteiger partial charge in [-0.15, -0.1) is 0 Å². The van der Waals surface area contributed by atoms with Gasteiger partial charge in [-0.25, -0.2) is 0 Å². The van der Waals surface area contributed by atoms with Crippen molar-refractivity contribution in [2.45, 2.75) is 19.9 Å². The van der Waals surface area contributed by atoms with Crippen LogP contribution >= 0.6 is 0 Å². The molecule has 1 N–H and O–H groups in total. The SMILES string of the molecule is COc1cccc(C(C)NCCOc2cccc(C)c2)c1. The second-order valence-corrected chi connectivity index (χ2v) is 5.12. The highest BCUT2D eigenvalue weighted by Gasteiger charge is 2.05. The van der Waals surface area contributed by atoms with Gasteiger partial charge in [0, 0.05) is 12.6 Å². The first-order chi connectivity index (χ1) is 10.2. The highest BCUT2D eigenvalue weighted by atomic mass is 16.5. The van der Waals surface area contributed by atoms with Crippen molar-refractivity contribution in [3.05, 3.63) is 59.7 Å². The van der Waals surface area contributed by atoms with Crippen molar-refractivity contribution in [1.29, 1.82) is 0 Å². The van der Waals surface area contributed by atoms with E-state index in [1.54, 1.807) is 7.11 Å². The maximum atomic E-state index is 5.73. The molecule has 0 aliphatic heterocycles. The van der Waals surface area contributed by atoms with Crippen molar-refractivity contribution in [2.75, 3.05) is 20.3 Å². The largest absolute Gasteiger partial charge is 0.497 e. The fourth-order valence-corrected chi connectivity index (χ4v) is 2.18. The van der Waals surface area contributed by atoms with Crippen molar-refractivity contribution in [1.82, 2.24) is 5.32 Å². The Labute approximate surface area is 126 Å². The molecule has 3 heteroatoms. The molecule has 0 amide bonds. The van der Waals surface area contributed by atoms with E-state index in [0.29, 0.717) is 6.61 Å². The van der Waals surface area contributed by atoms with E-state index in [4.69, 9.17) is 9.47 Å². The van der Waals surface area contributed by atoms with E-state index in [-0.39, 0.29) is 6.04 Å². The molecule has 2 aromatic rings. The summed E-state index contributed by atoms with van der Waals surface area (Å²) in [6.45, 7) is 5.65. The third-order valence-electron chi connectivity index (χ3n) is 3.40. The van der Waals surface area contributed by atoms with Gasteiger partial charge in [-0.1, -0.05) is 24.3 Å². The highest BCUT2D eigenvalue weighted by molar-refractivity contribution is 5.30. The monoisotopic (exact) mass is 285 g/mol. The molecule has 0 heterocycles. The van der Waals surface area contributed by atoms with Crippen molar-refractivity contribution in [3.8, 4) is 11.5 Å². The van der Waals surface area contributed by atoms with Crippen LogP contribution in [0.2, 0.25) is 0 Å². The molecule has 0 fully saturated rings. The Kier molecular flexibility index (Phi) is 5.64. The molecule has 2 aromatic carbocycles. The zero-order valence-electron chi connectivity index (χ0n) is 12.9. The molecule has 112 valence electrons. The van der Waals surface area contributed by atoms with E-state index >= 15 is 0 Å². The van der Waals surface area contributed by atoms with Gasteiger partial charge >= 0.3 is 0 Å². The Morgan fingerprint density at radius 2 is 1.81 bits per heavy atom. The predicted octanol–water partition coefficient (Wildman–Crippen LogP) is 3.73. The molecule has 0 saturated heterocycles. The fraction of sp³-hybridized carbons (Fsp3) is 0.333. The molecule has 0 spiro atoms. The molecule has 3 nitrogen and oxygen atoms in total. The van der Waals surface area contributed by atoms with Gasteiger partial charge in [0.2, 0.25) is 0 Å². The first-order valence-electron chi connectivity index (χ1n) is 7.26. The number of rotatable bonds is 7. The van der Waals surface area contributed by atoms with Crippen LogP contribution in [0.5, 0.6) is 11.5 Å². The minimum Gasteiger partial charge on any atom is -0.497 e. The summed E-state index contributed by atoms with van der Waals surface area (Å²) in [5.74, 6) is 1.81. The lowest BCUT2D eigenvalue weighted by atomic mass is 10.1. The Hall–Kier alpha value is -2.00. The normalized spacial score (nSPS) is 12.0. The van der Waals surface area contributed by atoms with Crippen LogP contribution in [0.15, 0.2) is 48.5 Å². The van der Waals surface area contributed by atoms with Gasteiger partial charge in [0.25, 0.3) is 0 Å². The third-order valence-corrected chi connectivity index (χ3v) is 3.40. The van der Waals surface area contributed by atoms with Crippen molar-refractivity contribution < 1.29 is 9.47 Å². The summed E-state index contributed by atoms with van der Waals surface area (Å²) in [5, 5.41) is 3.45. The minimum atomic E-state index is 0.265. The second-order valence-electron chi connectivity index (χ2n) is 5.12. The van der Waals surface area contributed by atoms with E-state index in [0.717, 1.165) is 18.0 Å². The summed E-state index contributed by atoms with van der Waals surface area (Å²) in [6, 6.07) is 16.5. The number of aryl methyl sites for hydroxylation is 1. The number of methoxy groups -OCH3 is 1. The maximum Gasteiger partial charge on any atom is 0.119 e. The number of hydrogen-bond acceptors (Lipinski definition) is 3. The van der Waals surface area contributed by atoms with Crippen LogP contribution in [0.4, 0.5) is 0 Å². The van der Waals surface area contributed by atoms with Crippen LogP contribution in [0.1, 0.15) is 24.1 Å². The number of benzene rings is 2. The quantitative estimate of drug-likeness (QED) is 0.786. The van der Waals surface area contributed by atoms with Crippen molar-refractivity contribution in [2.24, 2.45) is 0 Å². The molecule has 2 rings (SSSR count). The summed E-state index contributed by atoms with van der Waals surface area (Å²) >= 11 is 0. The molecule has 1 unspecified atom stereocenters. The molecule has 0 radical (unpaired) electrons. The van der Waals surface area contributed by atoms with Crippen LogP contribution < -0.4 is 14.8 Å². The number of ether oxygens (including phenoxy) is 2. The minimum absolute atomic E-state index is 0.265. The average molecular weight is 285 g/mol. The van der Waals surface area contributed by atoms with E-state index in [9.17, 15) is 0 Å². The van der Waals surface area contributed by atoms with E-state index < -0.39 is 0 Å². The lowest BCUT2D eigenvalue weighted by molar-refractivity contribution is 0.307. The zero-order valence-corrected chi connectivity index (χ0v) is 12.9. The molecule has 0 aliphatic rings. The van der Waals surface area contributed by atoms with Gasteiger partial charge in [0.15, 0.2) is 0 Å². The molecule has 1 atom stereocenters. The van der Waals surface area contributed by atoms with Crippen molar-refractivity contribution >= 4 is 0 Å². The Morgan fingerprint density at radius 1 is 1.05 bits per heavy atom. The van der Waals surface area contributed by atoms with Crippen LogP contribution in [0, 0.1) is 6.92 Å². The predicted molar refractivity (Wildman–Crippen MR) is 86.1 cm³/mol. The summed E-state index contributed by atoms with van der Waals surface area (Å²) in [4.78, 5) is 0. The topological polar surface area (TPSA) is 30.5 Å². The molecule has 0 bridgehead atoms. The first kappa shape index (κ1) is 15.4. The van der Waals surface area contributed by atoms with Gasteiger partial charge < -0.3 is 14.8 Å². The Morgan fingerprint density at radius 3 is 2.57 bits per heavy atom. The number of nitrogens with one attached hydrogen (secondary N) is 1. The molecule has 21 heavy (non-hydrogen) atoms. The Balaban J connectivity index is 1.77. The maximum absolute atomic E-state index is 5.73. The summed E-state index contributed by atoms with van der Waals surface area (Å²) < 4.78 is 11.0. The van der Waals surface area contributed by atoms with Crippen LogP contribution in [0.25, 0.3) is 0 Å². The van der Waals surface area contributed by atoms with E-state index in [1.807, 2.05) is 30.3 Å². The van der Waals surface area contributed by atoms with Gasteiger partial charge in [0.05, 0.1) is 7.11 Å². The molecule has 0 saturated carbocycles. The molecule has 0 aliphatic carbocycles. The smallest absolute Gasteiger partial charge is 0.119 e.